The van der Waals surface area contributed by atoms with E-state index in [0.29, 0.717) is 28.7 Å². The molecule has 1 aliphatic rings. The highest BCUT2D eigenvalue weighted by Crippen LogP contribution is 2.36. The van der Waals surface area contributed by atoms with Crippen LogP contribution in [0.3, 0.4) is 0 Å². The second kappa shape index (κ2) is 8.75. The number of thioether (sulfide) groups is 1. The van der Waals surface area contributed by atoms with Gasteiger partial charge in [0, 0.05) is 22.7 Å². The zero-order valence-electron chi connectivity index (χ0n) is 18.4. The third-order valence-corrected chi connectivity index (χ3v) is 8.10. The number of rotatable bonds is 6. The first-order valence-corrected chi connectivity index (χ1v) is 12.7. The molecule has 1 aromatic carbocycles. The van der Waals surface area contributed by atoms with Crippen molar-refractivity contribution in [3.63, 3.8) is 0 Å². The van der Waals surface area contributed by atoms with Gasteiger partial charge >= 0.3 is 0 Å². The van der Waals surface area contributed by atoms with Gasteiger partial charge in [-0.25, -0.2) is 4.40 Å². The number of anilines is 1. The molecule has 0 bridgehead atoms. The van der Waals surface area contributed by atoms with E-state index < -0.39 is 0 Å². The van der Waals surface area contributed by atoms with Gasteiger partial charge in [0.25, 0.3) is 5.56 Å². The zero-order chi connectivity index (χ0) is 23.1. The van der Waals surface area contributed by atoms with Crippen LogP contribution in [0.5, 0.6) is 0 Å². The second-order valence-corrected chi connectivity index (χ2v) is 10.1. The predicted octanol–water partition coefficient (Wildman–Crippen LogP) is 3.94. The highest BCUT2D eigenvalue weighted by atomic mass is 32.2. The minimum absolute atomic E-state index is 0.00454. The topological polar surface area (TPSA) is 98.4 Å². The number of benzene rings is 1. The van der Waals surface area contributed by atoms with Crippen molar-refractivity contribution in [3.05, 3.63) is 50.6 Å². The van der Waals surface area contributed by atoms with E-state index in [1.165, 1.54) is 29.1 Å². The molecule has 0 unspecified atom stereocenters. The van der Waals surface area contributed by atoms with Gasteiger partial charge in [-0.1, -0.05) is 11.8 Å². The lowest BCUT2D eigenvalue weighted by Gasteiger charge is -2.11. The maximum atomic E-state index is 13.2. The van der Waals surface area contributed by atoms with Gasteiger partial charge in [-0.15, -0.1) is 21.5 Å². The molecule has 0 saturated carbocycles. The Hall–Kier alpha value is -2.98. The first-order chi connectivity index (χ1) is 16.0. The van der Waals surface area contributed by atoms with Gasteiger partial charge < -0.3 is 5.32 Å². The minimum atomic E-state index is -0.183. The first-order valence-electron chi connectivity index (χ1n) is 10.9. The largest absolute Gasteiger partial charge is 0.325 e. The lowest BCUT2D eigenvalue weighted by atomic mass is 9.97. The number of aromatic nitrogens is 4. The van der Waals surface area contributed by atoms with E-state index in [1.54, 1.807) is 40.2 Å². The Morgan fingerprint density at radius 2 is 1.91 bits per heavy atom. The fraction of sp³-hybridized carbons (Fsp3) is 0.348. The number of hydrogen-bond donors (Lipinski definition) is 1. The van der Waals surface area contributed by atoms with Gasteiger partial charge in [0.05, 0.1) is 11.1 Å². The Balaban J connectivity index is 1.45. The molecule has 0 spiro atoms. The Kier molecular flexibility index (Phi) is 5.79. The third kappa shape index (κ3) is 3.87. The van der Waals surface area contributed by atoms with Crippen LogP contribution >= 0.6 is 23.1 Å². The molecule has 1 N–H and O–H groups in total. The third-order valence-electron chi connectivity index (χ3n) is 5.90. The Morgan fingerprint density at radius 1 is 1.15 bits per heavy atom. The predicted molar refractivity (Wildman–Crippen MR) is 131 cm³/mol. The van der Waals surface area contributed by atoms with Gasteiger partial charge in [-0.2, -0.15) is 0 Å². The van der Waals surface area contributed by atoms with Crippen LogP contribution in [-0.4, -0.2) is 36.6 Å². The smallest absolute Gasteiger partial charge is 0.263 e. The van der Waals surface area contributed by atoms with Crippen LogP contribution in [0.1, 0.15) is 47.5 Å². The lowest BCUT2D eigenvalue weighted by Crippen LogP contribution is -2.23. The highest BCUT2D eigenvalue weighted by molar-refractivity contribution is 7.99. The fourth-order valence-electron chi connectivity index (χ4n) is 4.26. The van der Waals surface area contributed by atoms with Crippen LogP contribution in [0.4, 0.5) is 5.69 Å². The van der Waals surface area contributed by atoms with Crippen LogP contribution < -0.4 is 10.9 Å². The van der Waals surface area contributed by atoms with Crippen molar-refractivity contribution in [2.24, 2.45) is 0 Å². The van der Waals surface area contributed by atoms with E-state index in [1.807, 2.05) is 11.3 Å². The molecule has 10 heteroatoms. The maximum absolute atomic E-state index is 13.2. The molecular formula is C23H23N5O3S2. The number of thiophene rings is 1. The normalized spacial score (nSPS) is 13.4. The van der Waals surface area contributed by atoms with Crippen molar-refractivity contribution < 1.29 is 9.59 Å². The number of amides is 1. The number of fused-ring (bicyclic) bond motifs is 5. The van der Waals surface area contributed by atoms with Crippen LogP contribution in [0.25, 0.3) is 16.0 Å². The van der Waals surface area contributed by atoms with E-state index in [9.17, 15) is 14.4 Å². The summed E-state index contributed by atoms with van der Waals surface area (Å²) in [7, 11) is 0. The molecule has 0 radical (unpaired) electrons. The highest BCUT2D eigenvalue weighted by Gasteiger charge is 2.24. The average Bonchev–Trinajstić information content (AvgIpc) is 3.40. The van der Waals surface area contributed by atoms with E-state index in [-0.39, 0.29) is 23.0 Å². The summed E-state index contributed by atoms with van der Waals surface area (Å²) in [6, 6.07) is 6.81. The summed E-state index contributed by atoms with van der Waals surface area (Å²) in [5.41, 5.74) is 2.40. The summed E-state index contributed by atoms with van der Waals surface area (Å²) in [6.45, 7) is 3.94. The van der Waals surface area contributed by atoms with E-state index >= 15 is 0 Å². The van der Waals surface area contributed by atoms with Gasteiger partial charge in [0.1, 0.15) is 4.83 Å². The molecule has 0 saturated heterocycles. The SMILES string of the molecule is CCn1c(=O)c2c3c(sc2n2c(SCC(=O)Nc4ccc(C(C)=O)cc4)nnc12)CCCC3. The van der Waals surface area contributed by atoms with E-state index in [4.69, 9.17) is 0 Å². The maximum Gasteiger partial charge on any atom is 0.263 e. The zero-order valence-corrected chi connectivity index (χ0v) is 20.0. The van der Waals surface area contributed by atoms with Crippen LogP contribution in [-0.2, 0) is 24.2 Å². The molecule has 0 fully saturated rings. The molecule has 1 amide bonds. The van der Waals surface area contributed by atoms with Gasteiger partial charge in [-0.05, 0) is 69.4 Å². The number of hydrogen-bond acceptors (Lipinski definition) is 7. The van der Waals surface area contributed by atoms with Crippen molar-refractivity contribution in [1.29, 1.82) is 0 Å². The van der Waals surface area contributed by atoms with Gasteiger partial charge in [0.2, 0.25) is 11.7 Å². The molecule has 0 atom stereocenters. The van der Waals surface area contributed by atoms with Crippen molar-refractivity contribution >= 4 is 56.5 Å². The summed E-state index contributed by atoms with van der Waals surface area (Å²) in [5, 5.41) is 12.8. The lowest BCUT2D eigenvalue weighted by molar-refractivity contribution is -0.113. The molecule has 5 rings (SSSR count). The van der Waals surface area contributed by atoms with Crippen molar-refractivity contribution in [2.75, 3.05) is 11.1 Å². The molecule has 8 nitrogen and oxygen atoms in total. The molecule has 3 aromatic heterocycles. The van der Waals surface area contributed by atoms with Crippen LogP contribution in [0.15, 0.2) is 34.2 Å². The molecule has 4 aromatic rings. The fourth-order valence-corrected chi connectivity index (χ4v) is 6.43. The van der Waals surface area contributed by atoms with Gasteiger partial charge in [-0.3, -0.25) is 19.0 Å². The Labute approximate surface area is 198 Å². The van der Waals surface area contributed by atoms with Crippen LogP contribution in [0, 0.1) is 0 Å². The monoisotopic (exact) mass is 481 g/mol. The number of carbonyl (C=O) groups is 2. The Morgan fingerprint density at radius 3 is 2.64 bits per heavy atom. The quantitative estimate of drug-likeness (QED) is 0.331. The molecule has 170 valence electrons. The van der Waals surface area contributed by atoms with Crippen molar-refractivity contribution in [3.8, 4) is 0 Å². The second-order valence-electron chi connectivity index (χ2n) is 8.03. The number of ketones is 1. The summed E-state index contributed by atoms with van der Waals surface area (Å²) in [6.07, 6.45) is 4.16. The molecule has 0 aliphatic heterocycles. The average molecular weight is 482 g/mol. The number of aryl methyl sites for hydroxylation is 3. The molecular weight excluding hydrogens is 458 g/mol. The van der Waals surface area contributed by atoms with Gasteiger partial charge in [0.15, 0.2) is 10.9 Å². The molecule has 1 aliphatic carbocycles. The number of nitrogens with zero attached hydrogens (tertiary/aromatic N) is 4. The number of Topliss-reactive ketones (excluding diaryl/α,β-unsaturated/α-hetero) is 1. The minimum Gasteiger partial charge on any atom is -0.325 e. The Bertz CT molecular complexity index is 1450. The first kappa shape index (κ1) is 21.8. The molecule has 3 heterocycles. The molecule has 33 heavy (non-hydrogen) atoms. The number of carbonyl (C=O) groups excluding carboxylic acids is 2. The summed E-state index contributed by atoms with van der Waals surface area (Å²) in [5.74, 6) is 0.455. The number of nitrogens with one attached hydrogen (secondary N) is 1. The summed E-state index contributed by atoms with van der Waals surface area (Å²) >= 11 is 2.94. The summed E-state index contributed by atoms with van der Waals surface area (Å²) < 4.78 is 3.60. The standard InChI is InChI=1S/C23H23N5O3S2/c1-3-27-20(31)19-16-6-4-5-7-17(16)33-21(19)28-22(27)25-26-23(28)32-12-18(30)24-15-10-8-14(9-11-15)13(2)29/h8-11H,3-7,12H2,1-2H3,(H,24,30). The summed E-state index contributed by atoms with van der Waals surface area (Å²) in [4.78, 5) is 39.4. The van der Waals surface area contributed by atoms with E-state index in [2.05, 4.69) is 15.5 Å². The van der Waals surface area contributed by atoms with Crippen molar-refractivity contribution in [1.82, 2.24) is 19.2 Å². The van der Waals surface area contributed by atoms with Crippen LogP contribution in [0.2, 0.25) is 0 Å². The van der Waals surface area contributed by atoms with E-state index in [0.717, 1.165) is 35.9 Å². The van der Waals surface area contributed by atoms with Crippen molar-refractivity contribution in [2.45, 2.75) is 51.2 Å².